The van der Waals surface area contributed by atoms with Crippen LogP contribution in [0.4, 0.5) is 5.69 Å². The van der Waals surface area contributed by atoms with Crippen LogP contribution < -0.4 is 15.1 Å². The molecule has 1 heterocycles. The number of likely N-dealkylation sites (tertiary alicyclic amines) is 1. The predicted molar refractivity (Wildman–Crippen MR) is 77.4 cm³/mol. The Balaban J connectivity index is 1.76. The van der Waals surface area contributed by atoms with Crippen molar-refractivity contribution in [2.45, 2.75) is 19.4 Å². The molecule has 0 unspecified atom stereocenters. The van der Waals surface area contributed by atoms with Crippen molar-refractivity contribution in [3.05, 3.63) is 29.8 Å². The second-order valence-corrected chi connectivity index (χ2v) is 5.47. The predicted octanol–water partition coefficient (Wildman–Crippen LogP) is 0.0475. The van der Waals surface area contributed by atoms with Crippen LogP contribution in [0, 0.1) is 0 Å². The summed E-state index contributed by atoms with van der Waals surface area (Å²) in [6.45, 7) is 3.53. The largest absolute Gasteiger partial charge is 0.378 e. The zero-order valence-electron chi connectivity index (χ0n) is 11.9. The summed E-state index contributed by atoms with van der Waals surface area (Å²) in [5.41, 5.74) is 2.33. The molecule has 104 valence electrons. The van der Waals surface area contributed by atoms with Gasteiger partial charge in [0.05, 0.1) is 13.1 Å². The smallest absolute Gasteiger partial charge is 0.275 e. The van der Waals surface area contributed by atoms with Crippen molar-refractivity contribution in [2.75, 3.05) is 38.6 Å². The lowest BCUT2D eigenvalue weighted by Crippen LogP contribution is -3.11. The summed E-state index contributed by atoms with van der Waals surface area (Å²) in [5.74, 6) is 0.161. The van der Waals surface area contributed by atoms with Crippen molar-refractivity contribution in [3.8, 4) is 0 Å². The lowest BCUT2D eigenvalue weighted by Gasteiger charge is -2.14. The Bertz CT molecular complexity index is 408. The Labute approximate surface area is 115 Å². The van der Waals surface area contributed by atoms with Gasteiger partial charge in [0.15, 0.2) is 6.54 Å². The van der Waals surface area contributed by atoms with Gasteiger partial charge in [0.2, 0.25) is 0 Å². The molecule has 2 N–H and O–H groups in total. The number of nitrogens with one attached hydrogen (secondary N) is 2. The molecule has 0 atom stereocenters. The molecule has 0 aromatic heterocycles. The lowest BCUT2D eigenvalue weighted by molar-refractivity contribution is -0.879. The zero-order chi connectivity index (χ0) is 13.7. The molecule has 1 aliphatic heterocycles. The number of quaternary nitrogens is 1. The highest BCUT2D eigenvalue weighted by atomic mass is 16.2. The van der Waals surface area contributed by atoms with Crippen molar-refractivity contribution >= 4 is 11.6 Å². The van der Waals surface area contributed by atoms with E-state index in [-0.39, 0.29) is 5.91 Å². The summed E-state index contributed by atoms with van der Waals surface area (Å²) in [6.07, 6.45) is 2.52. The first-order valence-electron chi connectivity index (χ1n) is 7.01. The quantitative estimate of drug-likeness (QED) is 0.786. The Morgan fingerprint density at radius 1 is 1.21 bits per heavy atom. The summed E-state index contributed by atoms with van der Waals surface area (Å²) in [5, 5.41) is 3.00. The molecule has 1 fully saturated rings. The number of carbonyl (C=O) groups is 1. The molecule has 0 aliphatic carbocycles. The fourth-order valence-electron chi connectivity index (χ4n) is 2.45. The van der Waals surface area contributed by atoms with E-state index in [1.54, 1.807) is 0 Å². The van der Waals surface area contributed by atoms with Crippen molar-refractivity contribution in [1.82, 2.24) is 5.32 Å². The maximum atomic E-state index is 11.8. The van der Waals surface area contributed by atoms with Gasteiger partial charge < -0.3 is 15.1 Å². The minimum Gasteiger partial charge on any atom is -0.378 e. The fourth-order valence-corrected chi connectivity index (χ4v) is 2.45. The molecular formula is C15H24N3O+. The Kier molecular flexibility index (Phi) is 4.80. The first-order chi connectivity index (χ1) is 9.15. The highest BCUT2D eigenvalue weighted by molar-refractivity contribution is 5.76. The highest BCUT2D eigenvalue weighted by Gasteiger charge is 2.18. The number of hydrogen-bond donors (Lipinski definition) is 2. The third-order valence-electron chi connectivity index (χ3n) is 3.66. The monoisotopic (exact) mass is 262 g/mol. The van der Waals surface area contributed by atoms with E-state index in [9.17, 15) is 4.79 Å². The van der Waals surface area contributed by atoms with Gasteiger partial charge in [-0.3, -0.25) is 4.79 Å². The van der Waals surface area contributed by atoms with Gasteiger partial charge in [-0.1, -0.05) is 12.1 Å². The Hall–Kier alpha value is -1.55. The van der Waals surface area contributed by atoms with Gasteiger partial charge in [0, 0.05) is 39.2 Å². The molecule has 19 heavy (non-hydrogen) atoms. The molecule has 0 bridgehead atoms. The van der Waals surface area contributed by atoms with E-state index in [1.165, 1.54) is 23.4 Å². The molecule has 2 rings (SSSR count). The normalized spacial score (nSPS) is 15.5. The van der Waals surface area contributed by atoms with Crippen molar-refractivity contribution in [1.29, 1.82) is 0 Å². The van der Waals surface area contributed by atoms with Gasteiger partial charge in [0.1, 0.15) is 0 Å². The van der Waals surface area contributed by atoms with Crippen LogP contribution in [0.3, 0.4) is 0 Å². The lowest BCUT2D eigenvalue weighted by atomic mass is 10.2. The minimum atomic E-state index is 0.161. The van der Waals surface area contributed by atoms with Gasteiger partial charge in [-0.25, -0.2) is 0 Å². The van der Waals surface area contributed by atoms with Crippen LogP contribution in [0.1, 0.15) is 18.4 Å². The third kappa shape index (κ3) is 4.24. The molecule has 1 aromatic rings. The highest BCUT2D eigenvalue weighted by Crippen LogP contribution is 2.11. The second kappa shape index (κ2) is 6.57. The first-order valence-corrected chi connectivity index (χ1v) is 7.01. The molecule has 4 heteroatoms. The van der Waals surface area contributed by atoms with Crippen LogP contribution in [-0.4, -0.2) is 39.6 Å². The van der Waals surface area contributed by atoms with E-state index in [0.29, 0.717) is 13.1 Å². The van der Waals surface area contributed by atoms with Crippen LogP contribution >= 0.6 is 0 Å². The first kappa shape index (κ1) is 13.9. The van der Waals surface area contributed by atoms with Gasteiger partial charge in [0.25, 0.3) is 5.91 Å². The van der Waals surface area contributed by atoms with Crippen LogP contribution in [0.15, 0.2) is 24.3 Å². The number of benzene rings is 1. The summed E-state index contributed by atoms with van der Waals surface area (Å²) < 4.78 is 0. The fraction of sp³-hybridized carbons (Fsp3) is 0.533. The molecule has 1 aliphatic rings. The van der Waals surface area contributed by atoms with Crippen molar-refractivity contribution < 1.29 is 9.69 Å². The molecule has 1 amide bonds. The Morgan fingerprint density at radius 2 is 1.84 bits per heavy atom. The SMILES string of the molecule is CN(C)c1ccc(CNC(=O)C[NH+]2CCCC2)cc1. The molecule has 1 aromatic carbocycles. The number of amides is 1. The van der Waals surface area contributed by atoms with Crippen molar-refractivity contribution in [2.24, 2.45) is 0 Å². The zero-order valence-corrected chi connectivity index (χ0v) is 11.9. The standard InChI is InChI=1S/C15H23N3O/c1-17(2)14-7-5-13(6-8-14)11-16-15(19)12-18-9-3-4-10-18/h5-8H,3-4,9-12H2,1-2H3,(H,16,19)/p+1. The Morgan fingerprint density at radius 3 is 2.42 bits per heavy atom. The third-order valence-corrected chi connectivity index (χ3v) is 3.66. The molecule has 4 nitrogen and oxygen atoms in total. The average Bonchev–Trinajstić information content (AvgIpc) is 2.89. The summed E-state index contributed by atoms with van der Waals surface area (Å²) in [4.78, 5) is 15.3. The van der Waals surface area contributed by atoms with E-state index in [0.717, 1.165) is 18.7 Å². The van der Waals surface area contributed by atoms with E-state index < -0.39 is 0 Å². The number of nitrogens with zero attached hydrogens (tertiary/aromatic N) is 1. The molecule has 0 spiro atoms. The maximum absolute atomic E-state index is 11.8. The summed E-state index contributed by atoms with van der Waals surface area (Å²) in [7, 11) is 4.05. The minimum absolute atomic E-state index is 0.161. The van der Waals surface area contributed by atoms with E-state index in [1.807, 2.05) is 14.1 Å². The maximum Gasteiger partial charge on any atom is 0.275 e. The van der Waals surface area contributed by atoms with Crippen LogP contribution in [0.25, 0.3) is 0 Å². The average molecular weight is 262 g/mol. The number of carbonyl (C=O) groups excluding carboxylic acids is 1. The van der Waals surface area contributed by atoms with Gasteiger partial charge in [-0.2, -0.15) is 0 Å². The van der Waals surface area contributed by atoms with Gasteiger partial charge >= 0.3 is 0 Å². The number of hydrogen-bond acceptors (Lipinski definition) is 2. The summed E-state index contributed by atoms with van der Waals surface area (Å²) in [6, 6.07) is 8.29. The van der Waals surface area contributed by atoms with E-state index in [4.69, 9.17) is 0 Å². The van der Waals surface area contributed by atoms with E-state index >= 15 is 0 Å². The molecule has 0 saturated carbocycles. The second-order valence-electron chi connectivity index (χ2n) is 5.47. The van der Waals surface area contributed by atoms with Crippen LogP contribution in [0.5, 0.6) is 0 Å². The topological polar surface area (TPSA) is 36.8 Å². The number of rotatable bonds is 5. The summed E-state index contributed by atoms with van der Waals surface area (Å²) >= 11 is 0. The molecule has 1 saturated heterocycles. The molecule has 0 radical (unpaired) electrons. The molecular weight excluding hydrogens is 238 g/mol. The van der Waals surface area contributed by atoms with Crippen LogP contribution in [-0.2, 0) is 11.3 Å². The van der Waals surface area contributed by atoms with E-state index in [2.05, 4.69) is 34.5 Å². The van der Waals surface area contributed by atoms with Crippen LogP contribution in [0.2, 0.25) is 0 Å². The number of anilines is 1. The van der Waals surface area contributed by atoms with Crippen molar-refractivity contribution in [3.63, 3.8) is 0 Å². The van der Waals surface area contributed by atoms with Gasteiger partial charge in [-0.05, 0) is 17.7 Å². The van der Waals surface area contributed by atoms with Gasteiger partial charge in [-0.15, -0.1) is 0 Å².